The predicted octanol–water partition coefficient (Wildman–Crippen LogP) is 0.374. The molecule has 0 radical (unpaired) electrons. The third kappa shape index (κ3) is 2.06. The number of imidazole rings is 1. The van der Waals surface area contributed by atoms with Gasteiger partial charge in [-0.15, -0.1) is 0 Å². The van der Waals surface area contributed by atoms with Crippen LogP contribution in [0.3, 0.4) is 0 Å². The van der Waals surface area contributed by atoms with Gasteiger partial charge in [0.2, 0.25) is 0 Å². The molecule has 2 aromatic heterocycles. The molecule has 1 aliphatic rings. The highest BCUT2D eigenvalue weighted by Crippen LogP contribution is 2.27. The van der Waals surface area contributed by atoms with Crippen LogP contribution >= 0.6 is 0 Å². The van der Waals surface area contributed by atoms with Crippen LogP contribution < -0.4 is 10.6 Å². The molecule has 3 heterocycles. The van der Waals surface area contributed by atoms with E-state index in [0.29, 0.717) is 24.7 Å². The molecule has 0 atom stereocenters. The predicted molar refractivity (Wildman–Crippen MR) is 70.6 cm³/mol. The minimum Gasteiger partial charge on any atom is -0.384 e. The average molecular weight is 258 g/mol. The van der Waals surface area contributed by atoms with E-state index in [1.165, 1.54) is 0 Å². The second-order valence-electron chi connectivity index (χ2n) is 4.37. The number of aromatic nitrogens is 3. The molecule has 0 spiro atoms. The zero-order chi connectivity index (χ0) is 13.2. The van der Waals surface area contributed by atoms with Crippen molar-refractivity contribution in [1.29, 1.82) is 5.26 Å². The Labute approximate surface area is 110 Å². The second-order valence-corrected chi connectivity index (χ2v) is 4.37. The van der Waals surface area contributed by atoms with Crippen molar-refractivity contribution in [3.8, 4) is 6.07 Å². The lowest BCUT2D eigenvalue weighted by molar-refractivity contribution is 0.123. The van der Waals surface area contributed by atoms with Crippen molar-refractivity contribution < 1.29 is 4.74 Å². The molecule has 1 saturated heterocycles. The molecule has 0 unspecified atom stereocenters. The van der Waals surface area contributed by atoms with E-state index >= 15 is 0 Å². The Morgan fingerprint density at radius 3 is 2.95 bits per heavy atom. The second kappa shape index (κ2) is 4.74. The topological polar surface area (TPSA) is 93.0 Å². The maximum Gasteiger partial charge on any atom is 0.165 e. The lowest BCUT2D eigenvalue weighted by Crippen LogP contribution is -2.36. The van der Waals surface area contributed by atoms with Gasteiger partial charge in [0.15, 0.2) is 5.65 Å². The number of morpholine rings is 1. The first-order valence-electron chi connectivity index (χ1n) is 6.10. The van der Waals surface area contributed by atoms with E-state index in [9.17, 15) is 0 Å². The van der Waals surface area contributed by atoms with Gasteiger partial charge in [-0.2, -0.15) is 5.26 Å². The van der Waals surface area contributed by atoms with Crippen LogP contribution in [-0.2, 0) is 11.3 Å². The van der Waals surface area contributed by atoms with Crippen molar-refractivity contribution >= 4 is 22.7 Å². The monoisotopic (exact) mass is 258 g/mol. The molecule has 0 aliphatic carbocycles. The molecule has 2 aromatic rings. The van der Waals surface area contributed by atoms with Gasteiger partial charge in [0.25, 0.3) is 0 Å². The van der Waals surface area contributed by atoms with E-state index in [1.807, 2.05) is 6.07 Å². The standard InChI is InChI=1S/C12H14N6O/c13-1-2-18-8-15-11-9(7-10(14)16-12(11)18)17-3-5-19-6-4-17/h7-8H,2-6H2,(H2,14,16). The summed E-state index contributed by atoms with van der Waals surface area (Å²) in [7, 11) is 0. The summed E-state index contributed by atoms with van der Waals surface area (Å²) in [5.74, 6) is 0.439. The van der Waals surface area contributed by atoms with Crippen molar-refractivity contribution in [2.75, 3.05) is 36.9 Å². The van der Waals surface area contributed by atoms with Crippen LogP contribution in [0, 0.1) is 11.3 Å². The Morgan fingerprint density at radius 1 is 1.42 bits per heavy atom. The van der Waals surface area contributed by atoms with Gasteiger partial charge in [-0.1, -0.05) is 0 Å². The van der Waals surface area contributed by atoms with Gasteiger partial charge in [-0.05, 0) is 0 Å². The summed E-state index contributed by atoms with van der Waals surface area (Å²) >= 11 is 0. The van der Waals surface area contributed by atoms with Crippen molar-refractivity contribution in [3.63, 3.8) is 0 Å². The normalized spacial score (nSPS) is 15.6. The lowest BCUT2D eigenvalue weighted by Gasteiger charge is -2.29. The average Bonchev–Trinajstić information content (AvgIpc) is 2.83. The number of fused-ring (bicyclic) bond motifs is 1. The van der Waals surface area contributed by atoms with Crippen molar-refractivity contribution in [2.45, 2.75) is 6.54 Å². The number of nitrogens with zero attached hydrogens (tertiary/aromatic N) is 5. The maximum atomic E-state index is 8.80. The first-order chi connectivity index (χ1) is 9.29. The summed E-state index contributed by atoms with van der Waals surface area (Å²) in [5, 5.41) is 8.80. The number of nitrogens with two attached hydrogens (primary N) is 1. The first-order valence-corrected chi connectivity index (χ1v) is 6.10. The molecule has 0 aromatic carbocycles. The van der Waals surface area contributed by atoms with E-state index in [1.54, 1.807) is 10.9 Å². The highest BCUT2D eigenvalue weighted by atomic mass is 16.5. The third-order valence-corrected chi connectivity index (χ3v) is 3.17. The zero-order valence-corrected chi connectivity index (χ0v) is 10.4. The fourth-order valence-corrected chi connectivity index (χ4v) is 2.27. The van der Waals surface area contributed by atoms with Gasteiger partial charge < -0.3 is 19.9 Å². The molecule has 19 heavy (non-hydrogen) atoms. The first kappa shape index (κ1) is 11.7. The molecule has 7 nitrogen and oxygen atoms in total. The highest BCUT2D eigenvalue weighted by Gasteiger charge is 2.18. The molecule has 0 bridgehead atoms. The van der Waals surface area contributed by atoms with Crippen LogP contribution in [-0.4, -0.2) is 40.8 Å². The Morgan fingerprint density at radius 2 is 2.21 bits per heavy atom. The number of ether oxygens (including phenoxy) is 1. The number of anilines is 2. The van der Waals surface area contributed by atoms with E-state index in [0.717, 1.165) is 24.3 Å². The van der Waals surface area contributed by atoms with Gasteiger partial charge in [0, 0.05) is 19.2 Å². The highest BCUT2D eigenvalue weighted by molar-refractivity contribution is 5.88. The van der Waals surface area contributed by atoms with E-state index in [-0.39, 0.29) is 6.54 Å². The van der Waals surface area contributed by atoms with Gasteiger partial charge in [-0.3, -0.25) is 0 Å². The number of hydrogen-bond donors (Lipinski definition) is 1. The van der Waals surface area contributed by atoms with Crippen LogP contribution in [0.5, 0.6) is 0 Å². The Kier molecular flexibility index (Phi) is 2.93. The van der Waals surface area contributed by atoms with Crippen LogP contribution in [0.2, 0.25) is 0 Å². The van der Waals surface area contributed by atoms with Gasteiger partial charge in [0.1, 0.15) is 17.9 Å². The SMILES string of the molecule is N#CCn1cnc2c(N3CCOCC3)cc(N)nc21. The van der Waals surface area contributed by atoms with Crippen LogP contribution in [0.25, 0.3) is 11.2 Å². The summed E-state index contributed by atoms with van der Waals surface area (Å²) < 4.78 is 7.05. The Balaban J connectivity index is 2.10. The van der Waals surface area contributed by atoms with Crippen molar-refractivity contribution in [1.82, 2.24) is 14.5 Å². The van der Waals surface area contributed by atoms with E-state index < -0.39 is 0 Å². The molecule has 0 amide bonds. The number of rotatable bonds is 2. The zero-order valence-electron chi connectivity index (χ0n) is 10.4. The van der Waals surface area contributed by atoms with Crippen LogP contribution in [0.1, 0.15) is 0 Å². The number of pyridine rings is 1. The molecule has 3 rings (SSSR count). The molecule has 1 fully saturated rings. The number of nitriles is 1. The fourth-order valence-electron chi connectivity index (χ4n) is 2.27. The van der Waals surface area contributed by atoms with Gasteiger partial charge >= 0.3 is 0 Å². The quantitative estimate of drug-likeness (QED) is 0.836. The van der Waals surface area contributed by atoms with Crippen LogP contribution in [0.15, 0.2) is 12.4 Å². The molecular weight excluding hydrogens is 244 g/mol. The van der Waals surface area contributed by atoms with E-state index in [4.69, 9.17) is 15.7 Å². The minimum atomic E-state index is 0.218. The van der Waals surface area contributed by atoms with Crippen molar-refractivity contribution in [2.24, 2.45) is 0 Å². The van der Waals surface area contributed by atoms with Crippen molar-refractivity contribution in [3.05, 3.63) is 12.4 Å². The van der Waals surface area contributed by atoms with E-state index in [2.05, 4.69) is 20.9 Å². The number of hydrogen-bond acceptors (Lipinski definition) is 6. The number of nitrogen functional groups attached to an aromatic ring is 1. The summed E-state index contributed by atoms with van der Waals surface area (Å²) in [6.07, 6.45) is 1.63. The van der Waals surface area contributed by atoms with Crippen LogP contribution in [0.4, 0.5) is 11.5 Å². The smallest absolute Gasteiger partial charge is 0.165 e. The molecule has 0 saturated carbocycles. The third-order valence-electron chi connectivity index (χ3n) is 3.17. The summed E-state index contributed by atoms with van der Waals surface area (Å²) in [5.41, 5.74) is 8.26. The molecule has 1 aliphatic heterocycles. The summed E-state index contributed by atoms with van der Waals surface area (Å²) in [6, 6.07) is 3.92. The summed E-state index contributed by atoms with van der Waals surface area (Å²) in [4.78, 5) is 10.8. The fraction of sp³-hybridized carbons (Fsp3) is 0.417. The molecular formula is C12H14N6O. The molecule has 98 valence electrons. The maximum absolute atomic E-state index is 8.80. The molecule has 7 heteroatoms. The Bertz CT molecular complexity index is 637. The molecule has 2 N–H and O–H groups in total. The summed E-state index contributed by atoms with van der Waals surface area (Å²) in [6.45, 7) is 3.23. The lowest BCUT2D eigenvalue weighted by atomic mass is 10.3. The Hall–Kier alpha value is -2.33. The van der Waals surface area contributed by atoms with Gasteiger partial charge in [0.05, 0.1) is 31.3 Å². The van der Waals surface area contributed by atoms with Gasteiger partial charge in [-0.25, -0.2) is 9.97 Å². The minimum absolute atomic E-state index is 0.218. The largest absolute Gasteiger partial charge is 0.384 e.